The molecule has 6 rings (SSSR count). The van der Waals surface area contributed by atoms with Crippen LogP contribution in [0, 0.1) is 6.92 Å². The third kappa shape index (κ3) is 4.66. The normalized spacial score (nSPS) is 13.3. The van der Waals surface area contributed by atoms with Crippen molar-refractivity contribution in [3.8, 4) is 28.4 Å². The van der Waals surface area contributed by atoms with Gasteiger partial charge in [-0.25, -0.2) is 14.4 Å². The van der Waals surface area contributed by atoms with Gasteiger partial charge in [-0.05, 0) is 56.3 Å². The van der Waals surface area contributed by atoms with Crippen LogP contribution < -0.4 is 19.8 Å². The second-order valence-electron chi connectivity index (χ2n) is 9.12. The highest BCUT2D eigenvalue weighted by atomic mass is 35.5. The number of hydrogen-bond acceptors (Lipinski definition) is 6. The van der Waals surface area contributed by atoms with Gasteiger partial charge in [0.25, 0.3) is 5.56 Å². The number of ether oxygens (including phenoxy) is 2. The van der Waals surface area contributed by atoms with Crippen molar-refractivity contribution in [3.05, 3.63) is 109 Å². The molecule has 202 valence electrons. The molecule has 0 aliphatic carbocycles. The lowest BCUT2D eigenvalue weighted by molar-refractivity contribution is 0.174. The Labute approximate surface area is 243 Å². The van der Waals surface area contributed by atoms with Crippen molar-refractivity contribution in [3.63, 3.8) is 0 Å². The molecule has 0 bridgehead atoms. The van der Waals surface area contributed by atoms with Crippen LogP contribution >= 0.6 is 34.5 Å². The molecule has 0 unspecified atom stereocenters. The third-order valence-corrected chi connectivity index (χ3v) is 8.23. The van der Waals surface area contributed by atoms with E-state index in [-0.39, 0.29) is 12.4 Å². The zero-order valence-corrected chi connectivity index (χ0v) is 24.1. The van der Waals surface area contributed by atoms with Gasteiger partial charge in [-0.1, -0.05) is 47.5 Å². The Morgan fingerprint density at radius 1 is 0.975 bits per heavy atom. The average molecular weight is 593 g/mol. The van der Waals surface area contributed by atoms with Gasteiger partial charge in [0.15, 0.2) is 17.2 Å². The Bertz CT molecular complexity index is 1920. The predicted octanol–water partition coefficient (Wildman–Crippen LogP) is 6.55. The standard InChI is InChI=1S/C29H23Cl2N5O3S/c1-17(19-10-12-25-26(14-19)39-16-38-25)33-35-24(20-9-11-22(30)23(31)13-20)15-40-29(35)32-27-18(2)34(3)36(28(27)37)21-7-5-4-6-8-21/h4-15H,16H2,1-3H3. The molecule has 1 aliphatic rings. The molecule has 0 fully saturated rings. The highest BCUT2D eigenvalue weighted by molar-refractivity contribution is 7.07. The topological polar surface area (TPSA) is 75.0 Å². The smallest absolute Gasteiger partial charge is 0.297 e. The second-order valence-corrected chi connectivity index (χ2v) is 10.8. The lowest BCUT2D eigenvalue weighted by Crippen LogP contribution is -2.20. The van der Waals surface area contributed by atoms with Crippen molar-refractivity contribution in [2.45, 2.75) is 13.8 Å². The molecule has 3 heterocycles. The molecule has 0 saturated heterocycles. The lowest BCUT2D eigenvalue weighted by atomic mass is 10.1. The molecule has 0 atom stereocenters. The van der Waals surface area contributed by atoms with Crippen LogP contribution in [0.3, 0.4) is 0 Å². The number of rotatable bonds is 5. The van der Waals surface area contributed by atoms with Crippen molar-refractivity contribution in [1.29, 1.82) is 0 Å². The highest BCUT2D eigenvalue weighted by Crippen LogP contribution is 2.33. The van der Waals surface area contributed by atoms with Crippen molar-refractivity contribution in [2.24, 2.45) is 17.1 Å². The summed E-state index contributed by atoms with van der Waals surface area (Å²) < 4.78 is 16.1. The Morgan fingerprint density at radius 3 is 2.52 bits per heavy atom. The second kappa shape index (κ2) is 10.5. The number of halogens is 2. The van der Waals surface area contributed by atoms with Gasteiger partial charge in [-0.3, -0.25) is 9.48 Å². The molecule has 8 nitrogen and oxygen atoms in total. The predicted molar refractivity (Wildman–Crippen MR) is 159 cm³/mol. The molecular formula is C29H23Cl2N5O3S. The average Bonchev–Trinajstić information content (AvgIpc) is 3.64. The summed E-state index contributed by atoms with van der Waals surface area (Å²) in [4.78, 5) is 19.0. The zero-order chi connectivity index (χ0) is 28.0. The number of nitrogens with zero attached hydrogens (tertiary/aromatic N) is 5. The molecule has 5 aromatic rings. The summed E-state index contributed by atoms with van der Waals surface area (Å²) in [7, 11) is 1.84. The van der Waals surface area contributed by atoms with Gasteiger partial charge < -0.3 is 9.47 Å². The van der Waals surface area contributed by atoms with Crippen LogP contribution in [0.2, 0.25) is 10.0 Å². The number of hydrogen-bond donors (Lipinski definition) is 0. The molecule has 0 amide bonds. The zero-order valence-electron chi connectivity index (χ0n) is 21.8. The third-order valence-electron chi connectivity index (χ3n) is 6.67. The van der Waals surface area contributed by atoms with Gasteiger partial charge in [-0.15, -0.1) is 11.3 Å². The minimum Gasteiger partial charge on any atom is -0.454 e. The largest absolute Gasteiger partial charge is 0.454 e. The molecule has 40 heavy (non-hydrogen) atoms. The van der Waals surface area contributed by atoms with Gasteiger partial charge in [0.1, 0.15) is 0 Å². The summed E-state index contributed by atoms with van der Waals surface area (Å²) in [6.45, 7) is 3.97. The molecule has 0 spiro atoms. The highest BCUT2D eigenvalue weighted by Gasteiger charge is 2.18. The molecule has 0 saturated carbocycles. The van der Waals surface area contributed by atoms with Crippen LogP contribution in [0.15, 0.2) is 87.0 Å². The van der Waals surface area contributed by atoms with Gasteiger partial charge in [0, 0.05) is 23.6 Å². The van der Waals surface area contributed by atoms with Crippen LogP contribution in [-0.4, -0.2) is 26.5 Å². The van der Waals surface area contributed by atoms with Crippen LogP contribution in [0.1, 0.15) is 18.2 Å². The first kappa shape index (κ1) is 26.2. The quantitative estimate of drug-likeness (QED) is 0.217. The van der Waals surface area contributed by atoms with Crippen molar-refractivity contribution < 1.29 is 9.47 Å². The fourth-order valence-electron chi connectivity index (χ4n) is 4.44. The summed E-state index contributed by atoms with van der Waals surface area (Å²) in [5.74, 6) is 1.36. The van der Waals surface area contributed by atoms with Crippen molar-refractivity contribution >= 4 is 45.9 Å². The number of thiazole rings is 1. The van der Waals surface area contributed by atoms with Crippen LogP contribution in [0.25, 0.3) is 16.9 Å². The molecule has 2 aromatic heterocycles. The summed E-state index contributed by atoms with van der Waals surface area (Å²) in [6.07, 6.45) is 0. The Balaban J connectivity index is 1.55. The van der Waals surface area contributed by atoms with E-state index < -0.39 is 0 Å². The fourth-order valence-corrected chi connectivity index (χ4v) is 5.57. The fraction of sp³-hybridized carbons (Fsp3) is 0.138. The van der Waals surface area contributed by atoms with Gasteiger partial charge >= 0.3 is 0 Å². The van der Waals surface area contributed by atoms with E-state index in [1.165, 1.54) is 11.3 Å². The number of benzene rings is 3. The van der Waals surface area contributed by atoms with Gasteiger partial charge in [-0.2, -0.15) is 5.10 Å². The van der Waals surface area contributed by atoms with Crippen molar-refractivity contribution in [2.75, 3.05) is 6.79 Å². The summed E-state index contributed by atoms with van der Waals surface area (Å²) in [6, 6.07) is 20.6. The van der Waals surface area contributed by atoms with E-state index in [4.69, 9.17) is 42.8 Å². The van der Waals surface area contributed by atoms with Crippen LogP contribution in [0.4, 0.5) is 5.69 Å². The summed E-state index contributed by atoms with van der Waals surface area (Å²) >= 11 is 13.9. The summed E-state index contributed by atoms with van der Waals surface area (Å²) in [5, 5.41) is 7.77. The lowest BCUT2D eigenvalue weighted by Gasteiger charge is -2.08. The number of para-hydroxylation sites is 1. The maximum Gasteiger partial charge on any atom is 0.297 e. The maximum absolute atomic E-state index is 13.6. The summed E-state index contributed by atoms with van der Waals surface area (Å²) in [5.41, 5.74) is 4.72. The SMILES string of the molecule is CC(=Nn1c(-c2ccc(Cl)c(Cl)c2)csc1=Nc1c(C)n(C)n(-c2ccccc2)c1=O)c1ccc2c(c1)OCO2. The first-order valence-corrected chi connectivity index (χ1v) is 14.0. The van der Waals surface area contributed by atoms with E-state index in [1.54, 1.807) is 26.2 Å². The maximum atomic E-state index is 13.6. The molecule has 1 aliphatic heterocycles. The molecular weight excluding hydrogens is 569 g/mol. The van der Waals surface area contributed by atoms with Gasteiger partial charge in [0.2, 0.25) is 11.6 Å². The van der Waals surface area contributed by atoms with Crippen LogP contribution in [-0.2, 0) is 7.05 Å². The van der Waals surface area contributed by atoms with Crippen molar-refractivity contribution in [1.82, 2.24) is 14.0 Å². The van der Waals surface area contributed by atoms with Crippen LogP contribution in [0.5, 0.6) is 11.5 Å². The minimum absolute atomic E-state index is 0.190. The van der Waals surface area contributed by atoms with E-state index in [2.05, 4.69) is 0 Å². The molecule has 0 radical (unpaired) electrons. The number of aromatic nitrogens is 3. The first-order chi connectivity index (χ1) is 19.3. The Morgan fingerprint density at radius 2 is 1.75 bits per heavy atom. The molecule has 0 N–H and O–H groups in total. The van der Waals surface area contributed by atoms with Gasteiger partial charge in [0.05, 0.1) is 32.8 Å². The van der Waals surface area contributed by atoms with E-state index in [0.717, 1.165) is 28.2 Å². The minimum atomic E-state index is -0.223. The van der Waals surface area contributed by atoms with E-state index in [0.29, 0.717) is 37.7 Å². The van der Waals surface area contributed by atoms with E-state index in [9.17, 15) is 4.79 Å². The molecule has 11 heteroatoms. The molecule has 3 aromatic carbocycles. The first-order valence-electron chi connectivity index (χ1n) is 12.3. The Hall–Kier alpha value is -4.05. The number of fused-ring (bicyclic) bond motifs is 1. The van der Waals surface area contributed by atoms with E-state index in [1.807, 2.05) is 80.9 Å². The van der Waals surface area contributed by atoms with E-state index >= 15 is 0 Å². The monoisotopic (exact) mass is 591 g/mol. The Kier molecular flexibility index (Phi) is 6.87.